The summed E-state index contributed by atoms with van der Waals surface area (Å²) in [4.78, 5) is 14.7. The number of nitro groups is 1. The Labute approximate surface area is 115 Å². The molecule has 1 saturated heterocycles. The lowest BCUT2D eigenvalue weighted by molar-refractivity contribution is -0.383. The lowest BCUT2D eigenvalue weighted by Gasteiger charge is -2.12. The largest absolute Gasteiger partial charge is 0.384 e. The second-order valence-corrected chi connectivity index (χ2v) is 4.92. The van der Waals surface area contributed by atoms with E-state index in [9.17, 15) is 10.1 Å². The fourth-order valence-corrected chi connectivity index (χ4v) is 2.49. The second kappa shape index (κ2) is 5.42. The molecule has 0 radical (unpaired) electrons. The van der Waals surface area contributed by atoms with Crippen molar-refractivity contribution < 1.29 is 9.66 Å². The Balaban J connectivity index is 1.91. The van der Waals surface area contributed by atoms with E-state index in [0.29, 0.717) is 11.3 Å². The maximum Gasteiger partial charge on any atom is 0.277 e. The molecule has 1 N–H and O–H groups in total. The van der Waals surface area contributed by atoms with Gasteiger partial charge in [0.05, 0.1) is 16.9 Å². The van der Waals surface area contributed by atoms with Crippen molar-refractivity contribution in [1.29, 1.82) is 0 Å². The van der Waals surface area contributed by atoms with Crippen LogP contribution in [0.25, 0.3) is 10.8 Å². The third-order valence-electron chi connectivity index (χ3n) is 3.60. The molecule has 2 aromatic rings. The molecule has 2 heterocycles. The average Bonchev–Trinajstić information content (AvgIpc) is 2.97. The molecule has 0 spiro atoms. The van der Waals surface area contributed by atoms with Crippen LogP contribution in [0.5, 0.6) is 0 Å². The van der Waals surface area contributed by atoms with Gasteiger partial charge < -0.3 is 10.1 Å². The first kappa shape index (κ1) is 12.8. The zero-order valence-electron chi connectivity index (χ0n) is 10.9. The van der Waals surface area contributed by atoms with Gasteiger partial charge in [0.15, 0.2) is 0 Å². The molecule has 1 aliphatic heterocycles. The molecular weight excluding hydrogens is 258 g/mol. The summed E-state index contributed by atoms with van der Waals surface area (Å²) in [6, 6.07) is 4.96. The van der Waals surface area contributed by atoms with Crippen molar-refractivity contribution >= 4 is 22.1 Å². The first-order valence-electron chi connectivity index (χ1n) is 6.58. The Hall–Kier alpha value is -2.21. The SMILES string of the molecule is O=[N+]([O-])c1ccc(NCC2CCOC2)c2cnccc12. The van der Waals surface area contributed by atoms with Gasteiger partial charge in [0.2, 0.25) is 0 Å². The summed E-state index contributed by atoms with van der Waals surface area (Å²) in [5.41, 5.74) is 0.989. The summed E-state index contributed by atoms with van der Waals surface area (Å²) >= 11 is 0. The molecule has 1 unspecified atom stereocenters. The summed E-state index contributed by atoms with van der Waals surface area (Å²) in [6.45, 7) is 2.40. The van der Waals surface area contributed by atoms with Crippen molar-refractivity contribution in [3.8, 4) is 0 Å². The van der Waals surface area contributed by atoms with Gasteiger partial charge in [-0.2, -0.15) is 0 Å². The first-order chi connectivity index (χ1) is 9.75. The monoisotopic (exact) mass is 273 g/mol. The van der Waals surface area contributed by atoms with E-state index in [1.807, 2.05) is 0 Å². The van der Waals surface area contributed by atoms with Gasteiger partial charge in [-0.1, -0.05) is 0 Å². The predicted molar refractivity (Wildman–Crippen MR) is 75.8 cm³/mol. The second-order valence-electron chi connectivity index (χ2n) is 4.92. The van der Waals surface area contributed by atoms with Crippen LogP contribution in [0, 0.1) is 16.0 Å². The minimum absolute atomic E-state index is 0.108. The van der Waals surface area contributed by atoms with Crippen molar-refractivity contribution in [3.05, 3.63) is 40.7 Å². The number of non-ortho nitro benzene ring substituents is 1. The topological polar surface area (TPSA) is 77.3 Å². The molecule has 20 heavy (non-hydrogen) atoms. The zero-order chi connectivity index (χ0) is 13.9. The van der Waals surface area contributed by atoms with Crippen LogP contribution >= 0.6 is 0 Å². The molecule has 1 atom stereocenters. The first-order valence-corrected chi connectivity index (χ1v) is 6.58. The van der Waals surface area contributed by atoms with Crippen LogP contribution in [-0.4, -0.2) is 29.7 Å². The third kappa shape index (κ3) is 2.42. The molecule has 1 aromatic carbocycles. The quantitative estimate of drug-likeness (QED) is 0.684. The fourth-order valence-electron chi connectivity index (χ4n) is 2.49. The van der Waals surface area contributed by atoms with E-state index in [4.69, 9.17) is 4.74 Å². The number of hydrogen-bond acceptors (Lipinski definition) is 5. The Kier molecular flexibility index (Phi) is 3.47. The van der Waals surface area contributed by atoms with Crippen LogP contribution in [0.1, 0.15) is 6.42 Å². The summed E-state index contributed by atoms with van der Waals surface area (Å²) < 4.78 is 5.34. The average molecular weight is 273 g/mol. The van der Waals surface area contributed by atoms with Gasteiger partial charge in [-0.3, -0.25) is 15.1 Å². The van der Waals surface area contributed by atoms with E-state index >= 15 is 0 Å². The highest BCUT2D eigenvalue weighted by Gasteiger charge is 2.17. The van der Waals surface area contributed by atoms with Gasteiger partial charge in [-0.15, -0.1) is 0 Å². The van der Waals surface area contributed by atoms with Crippen LogP contribution in [0.3, 0.4) is 0 Å². The number of ether oxygens (including phenoxy) is 1. The van der Waals surface area contributed by atoms with Crippen LogP contribution < -0.4 is 5.32 Å². The number of hydrogen-bond donors (Lipinski definition) is 1. The summed E-state index contributed by atoms with van der Waals surface area (Å²) in [5, 5.41) is 15.8. The number of nitro benzene ring substituents is 1. The van der Waals surface area contributed by atoms with E-state index in [1.54, 1.807) is 24.5 Å². The number of nitrogens with zero attached hydrogens (tertiary/aromatic N) is 2. The molecule has 1 aromatic heterocycles. The molecule has 1 fully saturated rings. The lowest BCUT2D eigenvalue weighted by atomic mass is 10.1. The zero-order valence-corrected chi connectivity index (χ0v) is 10.9. The molecule has 0 amide bonds. The fraction of sp³-hybridized carbons (Fsp3) is 0.357. The van der Waals surface area contributed by atoms with Gasteiger partial charge in [-0.25, -0.2) is 0 Å². The Morgan fingerprint density at radius 2 is 2.30 bits per heavy atom. The number of rotatable bonds is 4. The molecular formula is C14H15N3O3. The molecule has 104 valence electrons. The smallest absolute Gasteiger partial charge is 0.277 e. The van der Waals surface area contributed by atoms with E-state index in [0.717, 1.165) is 37.3 Å². The predicted octanol–water partition coefficient (Wildman–Crippen LogP) is 2.59. The molecule has 0 aliphatic carbocycles. The van der Waals surface area contributed by atoms with Gasteiger partial charge in [0.1, 0.15) is 0 Å². The third-order valence-corrected chi connectivity index (χ3v) is 3.60. The van der Waals surface area contributed by atoms with Gasteiger partial charge in [0.25, 0.3) is 5.69 Å². The summed E-state index contributed by atoms with van der Waals surface area (Å²) in [5.74, 6) is 0.497. The van der Waals surface area contributed by atoms with Crippen LogP contribution in [0.2, 0.25) is 0 Å². The van der Waals surface area contributed by atoms with E-state index in [2.05, 4.69) is 10.3 Å². The number of fused-ring (bicyclic) bond motifs is 1. The molecule has 0 bridgehead atoms. The minimum Gasteiger partial charge on any atom is -0.384 e. The Bertz CT molecular complexity index is 639. The Morgan fingerprint density at radius 1 is 1.40 bits per heavy atom. The molecule has 0 saturated carbocycles. The molecule has 6 heteroatoms. The Morgan fingerprint density at radius 3 is 3.05 bits per heavy atom. The van der Waals surface area contributed by atoms with Crippen LogP contribution in [0.15, 0.2) is 30.6 Å². The van der Waals surface area contributed by atoms with E-state index in [1.165, 1.54) is 6.07 Å². The van der Waals surface area contributed by atoms with E-state index < -0.39 is 0 Å². The highest BCUT2D eigenvalue weighted by molar-refractivity contribution is 5.99. The van der Waals surface area contributed by atoms with Gasteiger partial charge in [0, 0.05) is 48.6 Å². The van der Waals surface area contributed by atoms with Crippen molar-refractivity contribution in [3.63, 3.8) is 0 Å². The maximum atomic E-state index is 11.0. The van der Waals surface area contributed by atoms with Gasteiger partial charge >= 0.3 is 0 Å². The van der Waals surface area contributed by atoms with Crippen molar-refractivity contribution in [2.24, 2.45) is 5.92 Å². The number of pyridine rings is 1. The normalized spacial score (nSPS) is 18.3. The number of nitrogens with one attached hydrogen (secondary N) is 1. The molecule has 6 nitrogen and oxygen atoms in total. The van der Waals surface area contributed by atoms with Gasteiger partial charge in [-0.05, 0) is 18.6 Å². The maximum absolute atomic E-state index is 11.0. The van der Waals surface area contributed by atoms with Crippen LogP contribution in [-0.2, 0) is 4.74 Å². The minimum atomic E-state index is -0.364. The van der Waals surface area contributed by atoms with Crippen molar-refractivity contribution in [2.75, 3.05) is 25.1 Å². The summed E-state index contributed by atoms with van der Waals surface area (Å²) in [6.07, 6.45) is 4.29. The lowest BCUT2D eigenvalue weighted by Crippen LogP contribution is -2.14. The van der Waals surface area contributed by atoms with Crippen molar-refractivity contribution in [1.82, 2.24) is 4.98 Å². The molecule has 3 rings (SSSR count). The summed E-state index contributed by atoms with van der Waals surface area (Å²) in [7, 11) is 0. The standard InChI is InChI=1S/C14H15N3O3/c18-17(19)14-2-1-13(12-8-15-5-3-11(12)14)16-7-10-4-6-20-9-10/h1-3,5,8,10,16H,4,6-7,9H2. The van der Waals surface area contributed by atoms with Crippen molar-refractivity contribution in [2.45, 2.75) is 6.42 Å². The highest BCUT2D eigenvalue weighted by atomic mass is 16.6. The molecule has 1 aliphatic rings. The highest BCUT2D eigenvalue weighted by Crippen LogP contribution is 2.31. The number of benzene rings is 1. The van der Waals surface area contributed by atoms with E-state index in [-0.39, 0.29) is 10.6 Å². The number of aromatic nitrogens is 1. The number of anilines is 1. The van der Waals surface area contributed by atoms with Crippen LogP contribution in [0.4, 0.5) is 11.4 Å².